The molecule has 1 saturated carbocycles. The molecular weight excluding hydrogens is 388 g/mol. The number of amides is 2. The molecule has 2 heterocycles. The minimum absolute atomic E-state index is 0.0178. The van der Waals surface area contributed by atoms with Crippen LogP contribution in [0.1, 0.15) is 60.3 Å². The number of epoxide rings is 2. The van der Waals surface area contributed by atoms with Crippen LogP contribution >= 0.6 is 0 Å². The summed E-state index contributed by atoms with van der Waals surface area (Å²) in [7, 11) is 1.64. The molecule has 0 bridgehead atoms. The van der Waals surface area contributed by atoms with Crippen LogP contribution in [0.2, 0.25) is 0 Å². The van der Waals surface area contributed by atoms with Gasteiger partial charge in [0.05, 0.1) is 18.6 Å². The van der Waals surface area contributed by atoms with E-state index in [0.29, 0.717) is 18.9 Å². The number of methoxy groups -OCH3 is 1. The van der Waals surface area contributed by atoms with Gasteiger partial charge in [0.15, 0.2) is 0 Å². The average Bonchev–Trinajstić information content (AvgIpc) is 3.56. The van der Waals surface area contributed by atoms with Gasteiger partial charge in [-0.2, -0.15) is 0 Å². The van der Waals surface area contributed by atoms with Crippen LogP contribution in [0.3, 0.4) is 0 Å². The first kappa shape index (κ1) is 23.3. The molecule has 172 valence electrons. The van der Waals surface area contributed by atoms with Gasteiger partial charge in [0.2, 0.25) is 5.91 Å². The van der Waals surface area contributed by atoms with E-state index in [0.717, 1.165) is 19.3 Å². The lowest BCUT2D eigenvalue weighted by Gasteiger charge is -2.42. The predicted octanol–water partition coefficient (Wildman–Crippen LogP) is 2.38. The van der Waals surface area contributed by atoms with Crippen molar-refractivity contribution in [1.82, 2.24) is 5.32 Å². The van der Waals surface area contributed by atoms with Gasteiger partial charge in [-0.25, -0.2) is 4.79 Å². The zero-order valence-electron chi connectivity index (χ0n) is 19.1. The highest BCUT2D eigenvalue weighted by Gasteiger charge is 2.72. The maximum Gasteiger partial charge on any atom is 0.408 e. The van der Waals surface area contributed by atoms with E-state index in [4.69, 9.17) is 24.7 Å². The smallest absolute Gasteiger partial charge is 0.408 e. The molecule has 3 rings (SSSR count). The Balaban J connectivity index is 1.69. The molecule has 2 saturated heterocycles. The normalized spacial score (nSPS) is 38.5. The lowest BCUT2D eigenvalue weighted by atomic mass is 9.68. The summed E-state index contributed by atoms with van der Waals surface area (Å²) in [6, 6.07) is -0.777. The van der Waals surface area contributed by atoms with Gasteiger partial charge in [-0.15, -0.1) is 0 Å². The monoisotopic (exact) mass is 426 g/mol. The minimum atomic E-state index is -0.777. The number of alkyl carbamates (subject to hydrolysis) is 1. The molecule has 2 aliphatic heterocycles. The number of ether oxygens (including phenoxy) is 4. The van der Waals surface area contributed by atoms with Crippen molar-refractivity contribution < 1.29 is 28.5 Å². The number of hydrogen-bond donors (Lipinski definition) is 2. The molecule has 0 radical (unpaired) electrons. The van der Waals surface area contributed by atoms with E-state index in [1.807, 2.05) is 13.8 Å². The van der Waals surface area contributed by atoms with Gasteiger partial charge < -0.3 is 30.0 Å². The van der Waals surface area contributed by atoms with Gasteiger partial charge >= 0.3 is 6.09 Å². The van der Waals surface area contributed by atoms with Crippen molar-refractivity contribution in [3.63, 3.8) is 0 Å². The summed E-state index contributed by atoms with van der Waals surface area (Å²) in [4.78, 5) is 24.1. The summed E-state index contributed by atoms with van der Waals surface area (Å²) in [5.41, 5.74) is 4.79. The molecule has 1 spiro atoms. The summed E-state index contributed by atoms with van der Waals surface area (Å²) in [6.45, 7) is 10.9. The molecule has 3 N–H and O–H groups in total. The second kappa shape index (κ2) is 8.63. The van der Waals surface area contributed by atoms with Crippen molar-refractivity contribution in [2.24, 2.45) is 23.5 Å². The van der Waals surface area contributed by atoms with Crippen LogP contribution < -0.4 is 11.1 Å². The van der Waals surface area contributed by atoms with Gasteiger partial charge in [-0.3, -0.25) is 4.79 Å². The number of nitrogens with one attached hydrogen (secondary N) is 1. The largest absolute Gasteiger partial charge is 0.443 e. The highest BCUT2D eigenvalue weighted by molar-refractivity contribution is 5.84. The van der Waals surface area contributed by atoms with Crippen LogP contribution in [0.15, 0.2) is 0 Å². The van der Waals surface area contributed by atoms with Crippen molar-refractivity contribution in [3.05, 3.63) is 0 Å². The van der Waals surface area contributed by atoms with Crippen molar-refractivity contribution in [2.45, 2.75) is 95.9 Å². The van der Waals surface area contributed by atoms with Crippen LogP contribution in [0.4, 0.5) is 4.79 Å². The molecule has 0 aromatic heterocycles. The van der Waals surface area contributed by atoms with E-state index in [1.54, 1.807) is 7.11 Å². The predicted molar refractivity (Wildman–Crippen MR) is 111 cm³/mol. The van der Waals surface area contributed by atoms with Crippen molar-refractivity contribution in [2.75, 3.05) is 13.7 Å². The molecule has 8 heteroatoms. The third kappa shape index (κ3) is 4.60. The van der Waals surface area contributed by atoms with Crippen LogP contribution in [0.5, 0.6) is 0 Å². The van der Waals surface area contributed by atoms with E-state index in [-0.39, 0.29) is 35.2 Å². The van der Waals surface area contributed by atoms with E-state index in [2.05, 4.69) is 26.1 Å². The van der Waals surface area contributed by atoms with E-state index in [1.165, 1.54) is 0 Å². The Labute approximate surface area is 179 Å². The molecule has 30 heavy (non-hydrogen) atoms. The quantitative estimate of drug-likeness (QED) is 0.547. The zero-order chi connectivity index (χ0) is 22.3. The van der Waals surface area contributed by atoms with Crippen LogP contribution in [0.25, 0.3) is 0 Å². The second-order valence-corrected chi connectivity index (χ2v) is 10.0. The summed E-state index contributed by atoms with van der Waals surface area (Å²) >= 11 is 0. The second-order valence-electron chi connectivity index (χ2n) is 10.0. The Bertz CT molecular complexity index is 650. The third-order valence-electron chi connectivity index (χ3n) is 7.01. The van der Waals surface area contributed by atoms with Crippen molar-refractivity contribution in [1.29, 1.82) is 0 Å². The molecular formula is C22H38N2O6. The van der Waals surface area contributed by atoms with Gasteiger partial charge in [0, 0.05) is 7.11 Å². The first-order valence-corrected chi connectivity index (χ1v) is 11.1. The van der Waals surface area contributed by atoms with Crippen LogP contribution in [-0.4, -0.2) is 61.3 Å². The molecule has 3 fully saturated rings. The fourth-order valence-corrected chi connectivity index (χ4v) is 5.14. The fraction of sp³-hybridized carbons (Fsp3) is 0.909. The first-order chi connectivity index (χ1) is 14.0. The van der Waals surface area contributed by atoms with E-state index >= 15 is 0 Å². The minimum Gasteiger partial charge on any atom is -0.443 e. The van der Waals surface area contributed by atoms with Crippen molar-refractivity contribution in [3.8, 4) is 0 Å². The van der Waals surface area contributed by atoms with Gasteiger partial charge in [0.1, 0.15) is 29.5 Å². The number of rotatable bonds is 9. The van der Waals surface area contributed by atoms with E-state index in [9.17, 15) is 9.59 Å². The highest BCUT2D eigenvalue weighted by atomic mass is 16.6. The lowest BCUT2D eigenvalue weighted by Crippen LogP contribution is -2.57. The topological polar surface area (TPSA) is 116 Å². The highest BCUT2D eigenvalue weighted by Crippen LogP contribution is 2.59. The molecule has 0 aromatic rings. The maximum atomic E-state index is 12.5. The number of primary amides is 1. The molecule has 0 aromatic carbocycles. The van der Waals surface area contributed by atoms with Crippen molar-refractivity contribution >= 4 is 12.0 Å². The Morgan fingerprint density at radius 2 is 1.93 bits per heavy atom. The van der Waals surface area contributed by atoms with Crippen LogP contribution in [-0.2, 0) is 23.7 Å². The Morgan fingerprint density at radius 3 is 2.43 bits per heavy atom. The number of carbonyl (C=O) groups is 2. The molecule has 2 amide bonds. The summed E-state index contributed by atoms with van der Waals surface area (Å²) in [5, 5.41) is 2.60. The molecule has 1 unspecified atom stereocenters. The summed E-state index contributed by atoms with van der Waals surface area (Å²) in [5.74, 6) is -0.108. The Hall–Kier alpha value is -1.38. The number of hydrogen-bond acceptors (Lipinski definition) is 6. The lowest BCUT2D eigenvalue weighted by molar-refractivity contribution is -0.123. The maximum absolute atomic E-state index is 12.5. The molecule has 8 nitrogen and oxygen atoms in total. The van der Waals surface area contributed by atoms with E-state index < -0.39 is 24.1 Å². The standard InChI is InChI=1S/C22H38N2O6/c1-12(2)7-8-15-21(5,30-15)18-17(27-6)14(9-10-22(18)11-28-22)29-20(26)24-16(13(3)4)19(23)25/h12-18H,7-11H2,1-6H3,(H2,23,25)(H,24,26)/t14-,15-,16?,17-,18-,21+,22+/m1/s1. The van der Waals surface area contributed by atoms with Gasteiger partial charge in [-0.05, 0) is 44.4 Å². The fourth-order valence-electron chi connectivity index (χ4n) is 5.14. The third-order valence-corrected chi connectivity index (χ3v) is 7.01. The SMILES string of the molecule is CO[C@@H]1[C@H](OC(=O)NC(C(N)=O)C(C)C)CC[C@]2(CO2)[C@H]1[C@@]1(C)O[C@@H]1CCC(C)C. The molecule has 7 atom stereocenters. The average molecular weight is 427 g/mol. The number of carbonyl (C=O) groups excluding carboxylic acids is 2. The molecule has 1 aliphatic carbocycles. The van der Waals surface area contributed by atoms with Crippen LogP contribution in [0, 0.1) is 17.8 Å². The number of nitrogens with two attached hydrogens (primary N) is 1. The van der Waals surface area contributed by atoms with Gasteiger partial charge in [0.25, 0.3) is 0 Å². The molecule has 3 aliphatic rings. The van der Waals surface area contributed by atoms with Gasteiger partial charge in [-0.1, -0.05) is 27.7 Å². The Morgan fingerprint density at radius 1 is 1.27 bits per heavy atom. The summed E-state index contributed by atoms with van der Waals surface area (Å²) < 4.78 is 23.7. The zero-order valence-corrected chi connectivity index (χ0v) is 19.1. The first-order valence-electron chi connectivity index (χ1n) is 11.1. The Kier molecular flexibility index (Phi) is 6.70. The summed E-state index contributed by atoms with van der Waals surface area (Å²) in [6.07, 6.45) is 2.25.